The number of thiocarbonyl (C=S) groups is 1. The topological polar surface area (TPSA) is 76.7 Å². The van der Waals surface area contributed by atoms with E-state index in [4.69, 9.17) is 21.7 Å². The molecule has 8 heteroatoms. The minimum absolute atomic E-state index is 0.138. The molecule has 0 saturated heterocycles. The molecule has 0 radical (unpaired) electrons. The van der Waals surface area contributed by atoms with Crippen LogP contribution in [0.5, 0.6) is 5.75 Å². The molecule has 2 rings (SSSR count). The van der Waals surface area contributed by atoms with E-state index in [1.807, 2.05) is 13.0 Å². The van der Waals surface area contributed by atoms with Crippen molar-refractivity contribution in [3.05, 3.63) is 58.1 Å². The summed E-state index contributed by atoms with van der Waals surface area (Å²) in [5.41, 5.74) is 1.47. The number of nitrogens with one attached hydrogen (secondary N) is 2. The number of anilines is 1. The summed E-state index contributed by atoms with van der Waals surface area (Å²) in [7, 11) is 0. The highest BCUT2D eigenvalue weighted by atomic mass is 79.9. The van der Waals surface area contributed by atoms with E-state index in [2.05, 4.69) is 40.4 Å². The predicted octanol–water partition coefficient (Wildman–Crippen LogP) is 5.57. The van der Waals surface area contributed by atoms with E-state index >= 15 is 0 Å². The second-order valence-corrected chi connectivity index (χ2v) is 8.62. The van der Waals surface area contributed by atoms with E-state index in [1.54, 1.807) is 36.4 Å². The van der Waals surface area contributed by atoms with Crippen LogP contribution in [0.25, 0.3) is 0 Å². The van der Waals surface area contributed by atoms with Crippen LogP contribution in [0.15, 0.2) is 46.9 Å². The highest BCUT2D eigenvalue weighted by molar-refractivity contribution is 9.10. The second kappa shape index (κ2) is 12.4. The molecule has 6 nitrogen and oxygen atoms in total. The Balaban J connectivity index is 1.98. The third-order valence-electron chi connectivity index (χ3n) is 4.18. The predicted molar refractivity (Wildman–Crippen MR) is 130 cm³/mol. The molecule has 0 unspecified atom stereocenters. The fourth-order valence-corrected chi connectivity index (χ4v) is 3.08. The lowest BCUT2D eigenvalue weighted by molar-refractivity contribution is 0.0505. The number of hydrogen-bond donors (Lipinski definition) is 2. The van der Waals surface area contributed by atoms with Gasteiger partial charge in [0.2, 0.25) is 0 Å². The van der Waals surface area contributed by atoms with E-state index in [1.165, 1.54) is 0 Å². The lowest BCUT2D eigenvalue weighted by Gasteiger charge is -2.14. The van der Waals surface area contributed by atoms with Gasteiger partial charge in [0.1, 0.15) is 5.75 Å². The number of esters is 1. The van der Waals surface area contributed by atoms with Crippen molar-refractivity contribution in [3.8, 4) is 5.75 Å². The third-order valence-corrected chi connectivity index (χ3v) is 4.88. The van der Waals surface area contributed by atoms with Crippen molar-refractivity contribution in [2.75, 3.05) is 18.5 Å². The van der Waals surface area contributed by atoms with Gasteiger partial charge in [-0.3, -0.25) is 10.1 Å². The molecular formula is C23H27BrN2O4S. The Labute approximate surface area is 196 Å². The maximum absolute atomic E-state index is 12.8. The average molecular weight is 507 g/mol. The molecule has 0 heterocycles. The number of carbonyl (C=O) groups excluding carboxylic acids is 2. The fourth-order valence-electron chi connectivity index (χ4n) is 2.51. The highest BCUT2D eigenvalue weighted by Gasteiger charge is 2.15. The molecule has 2 aromatic carbocycles. The lowest BCUT2D eigenvalue weighted by Crippen LogP contribution is -2.34. The van der Waals surface area contributed by atoms with Crippen LogP contribution in [-0.4, -0.2) is 30.2 Å². The number of benzene rings is 2. The lowest BCUT2D eigenvalue weighted by atomic mass is 10.1. The largest absolute Gasteiger partial charge is 0.493 e. The normalized spacial score (nSPS) is 10.5. The maximum Gasteiger partial charge on any atom is 0.338 e. The summed E-state index contributed by atoms with van der Waals surface area (Å²) in [5.74, 6) is 0.255. The third kappa shape index (κ3) is 8.30. The summed E-state index contributed by atoms with van der Waals surface area (Å²) in [5, 5.41) is 5.74. The van der Waals surface area contributed by atoms with Gasteiger partial charge in [-0.25, -0.2) is 4.79 Å². The molecule has 0 bridgehead atoms. The van der Waals surface area contributed by atoms with E-state index in [9.17, 15) is 9.59 Å². The van der Waals surface area contributed by atoms with Gasteiger partial charge in [-0.05, 0) is 73.4 Å². The Bertz CT molecular complexity index is 916. The van der Waals surface area contributed by atoms with Gasteiger partial charge in [-0.2, -0.15) is 0 Å². The van der Waals surface area contributed by atoms with Gasteiger partial charge in [0.05, 0.1) is 24.3 Å². The average Bonchev–Trinajstić information content (AvgIpc) is 2.73. The molecule has 0 aliphatic heterocycles. The molecule has 0 aliphatic rings. The van der Waals surface area contributed by atoms with Crippen LogP contribution in [-0.2, 0) is 4.74 Å². The molecule has 0 aromatic heterocycles. The fraction of sp³-hybridized carbons (Fsp3) is 0.348. The van der Waals surface area contributed by atoms with Crippen LogP contribution in [0.1, 0.15) is 54.3 Å². The number of carbonyl (C=O) groups is 2. The van der Waals surface area contributed by atoms with Crippen LogP contribution in [0.2, 0.25) is 0 Å². The van der Waals surface area contributed by atoms with Gasteiger partial charge >= 0.3 is 5.97 Å². The zero-order valence-electron chi connectivity index (χ0n) is 17.9. The summed E-state index contributed by atoms with van der Waals surface area (Å²) in [6.07, 6.45) is 1.65. The Hall–Kier alpha value is -2.45. The SMILES string of the molecule is CCCOC(=O)c1ccc(NC(=S)NC(=O)c2cc(Br)ccc2OCCC(C)C)cc1. The quantitative estimate of drug-likeness (QED) is 0.342. The van der Waals surface area contributed by atoms with Crippen molar-refractivity contribution in [2.24, 2.45) is 5.92 Å². The molecule has 0 aliphatic carbocycles. The van der Waals surface area contributed by atoms with Crippen molar-refractivity contribution < 1.29 is 19.1 Å². The maximum atomic E-state index is 12.8. The van der Waals surface area contributed by atoms with Crippen LogP contribution < -0.4 is 15.4 Å². The van der Waals surface area contributed by atoms with Gasteiger partial charge in [0, 0.05) is 10.2 Å². The van der Waals surface area contributed by atoms with E-state index < -0.39 is 0 Å². The Morgan fingerprint density at radius 1 is 1.10 bits per heavy atom. The summed E-state index contributed by atoms with van der Waals surface area (Å²) < 4.78 is 11.7. The highest BCUT2D eigenvalue weighted by Crippen LogP contribution is 2.24. The van der Waals surface area contributed by atoms with Gasteiger partial charge in [0.25, 0.3) is 5.91 Å². The van der Waals surface area contributed by atoms with E-state index in [0.717, 1.165) is 17.3 Å². The van der Waals surface area contributed by atoms with Crippen LogP contribution in [0, 0.1) is 5.92 Å². The minimum atomic E-state index is -0.377. The molecule has 0 atom stereocenters. The summed E-state index contributed by atoms with van der Waals surface area (Å²) >= 11 is 8.65. The molecule has 0 fully saturated rings. The number of hydrogen-bond acceptors (Lipinski definition) is 5. The summed E-state index contributed by atoms with van der Waals surface area (Å²) in [4.78, 5) is 24.6. The smallest absolute Gasteiger partial charge is 0.338 e. The van der Waals surface area contributed by atoms with Crippen LogP contribution in [0.3, 0.4) is 0 Å². The molecule has 2 N–H and O–H groups in total. The second-order valence-electron chi connectivity index (χ2n) is 7.29. The molecule has 2 aromatic rings. The summed E-state index contributed by atoms with van der Waals surface area (Å²) in [6.45, 7) is 7.07. The molecular weight excluding hydrogens is 480 g/mol. The van der Waals surface area contributed by atoms with Gasteiger partial charge < -0.3 is 14.8 Å². The van der Waals surface area contributed by atoms with Crippen molar-refractivity contribution >= 4 is 50.8 Å². The van der Waals surface area contributed by atoms with E-state index in [0.29, 0.717) is 41.7 Å². The first-order valence-electron chi connectivity index (χ1n) is 10.1. The molecule has 0 spiro atoms. The summed E-state index contributed by atoms with van der Waals surface area (Å²) in [6, 6.07) is 11.9. The first-order chi connectivity index (χ1) is 14.8. The standard InChI is InChI=1S/C23H27BrN2O4S/c1-4-12-30-22(28)16-5-8-18(9-6-16)25-23(31)26-21(27)19-14-17(24)7-10-20(19)29-13-11-15(2)3/h5-10,14-15H,4,11-13H2,1-3H3,(H2,25,26,27,31). The first kappa shape index (κ1) is 24.8. The number of ether oxygens (including phenoxy) is 2. The van der Waals surface area contributed by atoms with Crippen molar-refractivity contribution in [3.63, 3.8) is 0 Å². The van der Waals surface area contributed by atoms with Crippen molar-refractivity contribution in [1.29, 1.82) is 0 Å². The Kier molecular flexibility index (Phi) is 9.94. The Morgan fingerprint density at radius 2 is 1.81 bits per heavy atom. The molecule has 1 amide bonds. The number of rotatable bonds is 9. The van der Waals surface area contributed by atoms with Crippen molar-refractivity contribution in [1.82, 2.24) is 5.32 Å². The Morgan fingerprint density at radius 3 is 2.45 bits per heavy atom. The molecule has 0 saturated carbocycles. The van der Waals surface area contributed by atoms with E-state index in [-0.39, 0.29) is 17.0 Å². The molecule has 166 valence electrons. The van der Waals surface area contributed by atoms with Crippen molar-refractivity contribution in [2.45, 2.75) is 33.6 Å². The molecule has 31 heavy (non-hydrogen) atoms. The number of halogens is 1. The minimum Gasteiger partial charge on any atom is -0.493 e. The first-order valence-corrected chi connectivity index (χ1v) is 11.3. The van der Waals surface area contributed by atoms with Crippen LogP contribution in [0.4, 0.5) is 5.69 Å². The van der Waals surface area contributed by atoms with Gasteiger partial charge in [0.15, 0.2) is 5.11 Å². The van der Waals surface area contributed by atoms with Gasteiger partial charge in [-0.15, -0.1) is 0 Å². The van der Waals surface area contributed by atoms with Crippen LogP contribution >= 0.6 is 28.1 Å². The monoisotopic (exact) mass is 506 g/mol. The zero-order valence-corrected chi connectivity index (χ0v) is 20.3. The number of amides is 1. The zero-order chi connectivity index (χ0) is 22.8. The van der Waals surface area contributed by atoms with Gasteiger partial charge in [-0.1, -0.05) is 36.7 Å².